The fourth-order valence-corrected chi connectivity index (χ4v) is 2.58. The number of aliphatic hydroxyl groups is 1. The van der Waals surface area contributed by atoms with E-state index in [-0.39, 0.29) is 5.91 Å². The van der Waals surface area contributed by atoms with Gasteiger partial charge in [-0.3, -0.25) is 4.79 Å². The van der Waals surface area contributed by atoms with Gasteiger partial charge in [0.1, 0.15) is 0 Å². The van der Waals surface area contributed by atoms with Crippen molar-refractivity contribution in [3.05, 3.63) is 34.4 Å². The average Bonchev–Trinajstić information content (AvgIpc) is 2.80. The molecule has 1 amide bonds. The molecule has 2 N–H and O–H groups in total. The van der Waals surface area contributed by atoms with Gasteiger partial charge in [0.2, 0.25) is 0 Å². The molecular formula is C14H17BrN2O2. The Bertz CT molecular complexity index is 592. The largest absolute Gasteiger partial charge is 0.393 e. The first-order valence-corrected chi connectivity index (χ1v) is 6.99. The lowest BCUT2D eigenvalue weighted by molar-refractivity contribution is 0.0771. The fourth-order valence-electron chi connectivity index (χ4n) is 2.00. The molecule has 19 heavy (non-hydrogen) atoms. The highest BCUT2D eigenvalue weighted by molar-refractivity contribution is 9.10. The van der Waals surface area contributed by atoms with Crippen LogP contribution < -0.4 is 0 Å². The Morgan fingerprint density at radius 2 is 2.26 bits per heavy atom. The number of nitrogens with one attached hydrogen (secondary N) is 1. The highest BCUT2D eigenvalue weighted by Crippen LogP contribution is 2.27. The molecule has 0 aliphatic heterocycles. The van der Waals surface area contributed by atoms with Crippen LogP contribution in [0.3, 0.4) is 0 Å². The normalized spacial score (nSPS) is 12.6. The van der Waals surface area contributed by atoms with Gasteiger partial charge in [0.15, 0.2) is 0 Å². The van der Waals surface area contributed by atoms with E-state index in [0.717, 1.165) is 15.4 Å². The SMILES string of the molecule is CC(O)CCN(C)C(=O)c1c[nH]c2cccc(Br)c12. The van der Waals surface area contributed by atoms with Gasteiger partial charge < -0.3 is 15.0 Å². The molecule has 0 aliphatic rings. The van der Waals surface area contributed by atoms with Crippen LogP contribution in [0.15, 0.2) is 28.9 Å². The van der Waals surface area contributed by atoms with Gasteiger partial charge in [-0.05, 0) is 25.5 Å². The fraction of sp³-hybridized carbons (Fsp3) is 0.357. The highest BCUT2D eigenvalue weighted by Gasteiger charge is 2.17. The number of aromatic amines is 1. The molecule has 0 bridgehead atoms. The van der Waals surface area contributed by atoms with Gasteiger partial charge in [-0.2, -0.15) is 0 Å². The average molecular weight is 325 g/mol. The van der Waals surface area contributed by atoms with Crippen molar-refractivity contribution in [1.29, 1.82) is 0 Å². The third kappa shape index (κ3) is 2.98. The Hall–Kier alpha value is -1.33. The lowest BCUT2D eigenvalue weighted by Gasteiger charge is -2.17. The lowest BCUT2D eigenvalue weighted by Crippen LogP contribution is -2.29. The van der Waals surface area contributed by atoms with E-state index in [1.54, 1.807) is 25.1 Å². The molecule has 0 spiro atoms. The molecular weight excluding hydrogens is 308 g/mol. The van der Waals surface area contributed by atoms with E-state index in [9.17, 15) is 9.90 Å². The summed E-state index contributed by atoms with van der Waals surface area (Å²) in [5.41, 5.74) is 1.58. The molecule has 1 unspecified atom stereocenters. The number of halogens is 1. The number of rotatable bonds is 4. The molecule has 2 rings (SSSR count). The number of aromatic nitrogens is 1. The van der Waals surface area contributed by atoms with Crippen LogP contribution in [0.4, 0.5) is 0 Å². The molecule has 1 aromatic carbocycles. The molecule has 0 saturated carbocycles. The first-order chi connectivity index (χ1) is 9.00. The van der Waals surface area contributed by atoms with E-state index in [2.05, 4.69) is 20.9 Å². The minimum Gasteiger partial charge on any atom is -0.393 e. The Balaban J connectivity index is 2.26. The van der Waals surface area contributed by atoms with Crippen LogP contribution in [0.1, 0.15) is 23.7 Å². The quantitative estimate of drug-likeness (QED) is 0.908. The van der Waals surface area contributed by atoms with Gasteiger partial charge in [0.25, 0.3) is 5.91 Å². The second-order valence-electron chi connectivity index (χ2n) is 4.73. The molecule has 0 aliphatic carbocycles. The van der Waals surface area contributed by atoms with Crippen LogP contribution in [0.25, 0.3) is 10.9 Å². The third-order valence-electron chi connectivity index (χ3n) is 3.11. The summed E-state index contributed by atoms with van der Waals surface area (Å²) in [7, 11) is 1.75. The van der Waals surface area contributed by atoms with Gasteiger partial charge in [-0.25, -0.2) is 0 Å². The van der Waals surface area contributed by atoms with E-state index in [0.29, 0.717) is 18.5 Å². The number of H-pyrrole nitrogens is 1. The number of carbonyl (C=O) groups is 1. The molecule has 102 valence electrons. The second kappa shape index (κ2) is 5.75. The van der Waals surface area contributed by atoms with E-state index in [1.165, 1.54) is 0 Å². The summed E-state index contributed by atoms with van der Waals surface area (Å²) in [6.45, 7) is 2.26. The maximum atomic E-state index is 12.4. The smallest absolute Gasteiger partial charge is 0.255 e. The van der Waals surface area contributed by atoms with Crippen LogP contribution in [-0.2, 0) is 0 Å². The van der Waals surface area contributed by atoms with E-state index in [4.69, 9.17) is 0 Å². The van der Waals surface area contributed by atoms with Gasteiger partial charge in [-0.1, -0.05) is 22.0 Å². The summed E-state index contributed by atoms with van der Waals surface area (Å²) in [5.74, 6) is -0.0428. The van der Waals surface area contributed by atoms with Crippen LogP contribution in [0.5, 0.6) is 0 Å². The number of carbonyl (C=O) groups excluding carboxylic acids is 1. The summed E-state index contributed by atoms with van der Waals surface area (Å²) >= 11 is 3.48. The number of hydrogen-bond acceptors (Lipinski definition) is 2. The zero-order chi connectivity index (χ0) is 14.0. The summed E-state index contributed by atoms with van der Waals surface area (Å²) < 4.78 is 0.901. The van der Waals surface area contributed by atoms with Crippen molar-refractivity contribution in [3.8, 4) is 0 Å². The molecule has 5 heteroatoms. The van der Waals surface area contributed by atoms with Crippen molar-refractivity contribution >= 4 is 32.7 Å². The number of fused-ring (bicyclic) bond motifs is 1. The molecule has 0 radical (unpaired) electrons. The van der Waals surface area contributed by atoms with Crippen molar-refractivity contribution in [1.82, 2.24) is 9.88 Å². The summed E-state index contributed by atoms with van der Waals surface area (Å²) in [4.78, 5) is 17.1. The minimum atomic E-state index is -0.398. The monoisotopic (exact) mass is 324 g/mol. The first-order valence-electron chi connectivity index (χ1n) is 6.20. The lowest BCUT2D eigenvalue weighted by atomic mass is 10.1. The van der Waals surface area contributed by atoms with Gasteiger partial charge in [0.05, 0.1) is 11.7 Å². The third-order valence-corrected chi connectivity index (χ3v) is 3.78. The predicted octanol–water partition coefficient (Wildman–Crippen LogP) is 2.77. The van der Waals surface area contributed by atoms with Crippen molar-refractivity contribution in [3.63, 3.8) is 0 Å². The Kier molecular flexibility index (Phi) is 4.27. The molecule has 4 nitrogen and oxygen atoms in total. The summed E-state index contributed by atoms with van der Waals surface area (Å²) in [5, 5.41) is 10.2. The molecule has 2 aromatic rings. The molecule has 1 heterocycles. The number of aliphatic hydroxyl groups excluding tert-OH is 1. The maximum Gasteiger partial charge on any atom is 0.255 e. The van der Waals surface area contributed by atoms with Gasteiger partial charge in [-0.15, -0.1) is 0 Å². The van der Waals surface area contributed by atoms with E-state index < -0.39 is 6.10 Å². The van der Waals surface area contributed by atoms with Crippen LogP contribution in [-0.4, -0.2) is 40.6 Å². The summed E-state index contributed by atoms with van der Waals surface area (Å²) in [6.07, 6.45) is 1.91. The van der Waals surface area contributed by atoms with E-state index in [1.807, 2.05) is 18.2 Å². The number of benzene rings is 1. The number of amides is 1. The second-order valence-corrected chi connectivity index (χ2v) is 5.58. The van der Waals surface area contributed by atoms with E-state index >= 15 is 0 Å². The molecule has 0 fully saturated rings. The molecule has 1 aromatic heterocycles. The van der Waals surface area contributed by atoms with Crippen molar-refractivity contribution in [2.45, 2.75) is 19.4 Å². The maximum absolute atomic E-state index is 12.4. The van der Waals surface area contributed by atoms with Gasteiger partial charge in [0, 0.05) is 35.2 Å². The highest BCUT2D eigenvalue weighted by atomic mass is 79.9. The topological polar surface area (TPSA) is 56.3 Å². The summed E-state index contributed by atoms with van der Waals surface area (Å²) in [6, 6.07) is 5.78. The van der Waals surface area contributed by atoms with Gasteiger partial charge >= 0.3 is 0 Å². The number of nitrogens with zero attached hydrogens (tertiary/aromatic N) is 1. The Morgan fingerprint density at radius 1 is 1.53 bits per heavy atom. The Morgan fingerprint density at radius 3 is 2.95 bits per heavy atom. The standard InChI is InChI=1S/C14H17BrN2O2/c1-9(18)6-7-17(2)14(19)10-8-16-12-5-3-4-11(15)13(10)12/h3-5,8-9,16,18H,6-7H2,1-2H3. The zero-order valence-electron chi connectivity index (χ0n) is 11.0. The minimum absolute atomic E-state index is 0.0428. The van der Waals surface area contributed by atoms with Crippen molar-refractivity contribution < 1.29 is 9.90 Å². The van der Waals surface area contributed by atoms with Crippen LogP contribution in [0, 0.1) is 0 Å². The first kappa shape index (κ1) is 14.1. The molecule has 0 saturated heterocycles. The number of hydrogen-bond donors (Lipinski definition) is 2. The zero-order valence-corrected chi connectivity index (χ0v) is 12.6. The van der Waals surface area contributed by atoms with Crippen LogP contribution >= 0.6 is 15.9 Å². The molecule has 1 atom stereocenters. The Labute approximate surface area is 120 Å². The van der Waals surface area contributed by atoms with Crippen molar-refractivity contribution in [2.24, 2.45) is 0 Å². The predicted molar refractivity (Wildman–Crippen MR) is 79.3 cm³/mol. The van der Waals surface area contributed by atoms with Crippen LogP contribution in [0.2, 0.25) is 0 Å². The van der Waals surface area contributed by atoms with Crippen molar-refractivity contribution in [2.75, 3.05) is 13.6 Å².